The van der Waals surface area contributed by atoms with Crippen molar-refractivity contribution in [3.05, 3.63) is 72.1 Å². The lowest BCUT2D eigenvalue weighted by molar-refractivity contribution is 0.0909. The highest BCUT2D eigenvalue weighted by molar-refractivity contribution is 5.92. The van der Waals surface area contributed by atoms with Crippen LogP contribution in [0.15, 0.2) is 55.0 Å². The zero-order valence-corrected chi connectivity index (χ0v) is 14.5. The molecule has 0 spiro atoms. The number of halogens is 1. The van der Waals surface area contributed by atoms with E-state index in [2.05, 4.69) is 20.3 Å². The van der Waals surface area contributed by atoms with Gasteiger partial charge in [0.25, 0.3) is 5.91 Å². The first-order valence-electron chi connectivity index (χ1n) is 10.7. The molecule has 0 saturated carbocycles. The molecule has 3 aromatic rings. The predicted octanol–water partition coefficient (Wildman–Crippen LogP) is 2.54. The molecule has 7 nitrogen and oxygen atoms in total. The molecule has 0 bridgehead atoms. The van der Waals surface area contributed by atoms with E-state index in [1.165, 1.54) is 48.9 Å². The van der Waals surface area contributed by atoms with Gasteiger partial charge in [0.2, 0.25) is 5.88 Å². The van der Waals surface area contributed by atoms with Crippen molar-refractivity contribution in [2.45, 2.75) is 13.0 Å². The normalized spacial score (nSPS) is 15.3. The highest BCUT2D eigenvalue weighted by Gasteiger charge is 2.15. The third-order valence-corrected chi connectivity index (χ3v) is 3.78. The Hall–Kier alpha value is -3.39. The summed E-state index contributed by atoms with van der Waals surface area (Å²) >= 11 is 0. The molecule has 28 heavy (non-hydrogen) atoms. The number of aliphatic hydroxyl groups excluding tert-OH is 1. The molecule has 1 amide bonds. The van der Waals surface area contributed by atoms with Crippen LogP contribution in [0.1, 0.15) is 35.9 Å². The maximum Gasteiger partial charge on any atom is 0.271 e. The van der Waals surface area contributed by atoms with E-state index in [9.17, 15) is 14.3 Å². The Bertz CT molecular complexity index is 1130. The average Bonchev–Trinajstić information content (AvgIpc) is 2.77. The first kappa shape index (κ1) is 13.7. The lowest BCUT2D eigenvalue weighted by Gasteiger charge is -2.13. The number of amides is 1. The average molecular weight is 387 g/mol. The van der Waals surface area contributed by atoms with Gasteiger partial charge in [0, 0.05) is 34.0 Å². The van der Waals surface area contributed by atoms with Crippen LogP contribution >= 0.6 is 0 Å². The van der Waals surface area contributed by atoms with E-state index in [0.717, 1.165) is 0 Å². The monoisotopic (exact) mass is 387 g/mol. The third kappa shape index (κ3) is 4.66. The summed E-state index contributed by atoms with van der Waals surface area (Å²) < 4.78 is 55.0. The van der Waals surface area contributed by atoms with Crippen molar-refractivity contribution in [3.63, 3.8) is 0 Å². The standard InChI is InChI=1S/C20H19FN4O3/c1-2-28-19-8-7-13(9-23-19)16-10-22-11-17(25-16)20(27)24-12-18(26)14-5-3-4-6-15(14)21/h3-11,18,26H,2,12H2,1H3,(H,24,27)/t18-/m0/s1/i1D3,2D2. The molecule has 0 saturated heterocycles. The number of nitrogens with zero attached hydrogens (tertiary/aromatic N) is 3. The van der Waals surface area contributed by atoms with Crippen molar-refractivity contribution in [1.29, 1.82) is 0 Å². The number of nitrogens with one attached hydrogen (secondary N) is 1. The number of hydrogen-bond donors (Lipinski definition) is 2. The summed E-state index contributed by atoms with van der Waals surface area (Å²) in [7, 11) is 0. The molecule has 144 valence electrons. The van der Waals surface area contributed by atoms with Gasteiger partial charge >= 0.3 is 0 Å². The summed E-state index contributed by atoms with van der Waals surface area (Å²) in [6, 6.07) is 8.39. The van der Waals surface area contributed by atoms with Crippen LogP contribution in [0.5, 0.6) is 5.88 Å². The largest absolute Gasteiger partial charge is 0.478 e. The first-order chi connectivity index (χ1) is 15.5. The number of aliphatic hydroxyl groups is 1. The second-order valence-electron chi connectivity index (χ2n) is 5.63. The second kappa shape index (κ2) is 9.01. The minimum Gasteiger partial charge on any atom is -0.478 e. The number of ether oxygens (including phenoxy) is 1. The fourth-order valence-corrected chi connectivity index (χ4v) is 2.39. The van der Waals surface area contributed by atoms with Crippen LogP contribution in [0.25, 0.3) is 11.3 Å². The summed E-state index contributed by atoms with van der Waals surface area (Å²) in [6.07, 6.45) is 2.59. The number of carbonyl (C=O) groups excluding carboxylic acids is 1. The summed E-state index contributed by atoms with van der Waals surface area (Å²) in [5, 5.41) is 12.6. The number of pyridine rings is 1. The smallest absolute Gasteiger partial charge is 0.271 e. The maximum atomic E-state index is 13.7. The molecule has 0 radical (unpaired) electrons. The van der Waals surface area contributed by atoms with Crippen molar-refractivity contribution in [3.8, 4) is 17.1 Å². The van der Waals surface area contributed by atoms with Crippen LogP contribution < -0.4 is 10.1 Å². The molecule has 8 heteroatoms. The van der Waals surface area contributed by atoms with E-state index in [1.54, 1.807) is 6.07 Å². The van der Waals surface area contributed by atoms with Gasteiger partial charge in [-0.25, -0.2) is 14.4 Å². The van der Waals surface area contributed by atoms with Crippen LogP contribution in [0.2, 0.25) is 0 Å². The molecule has 0 aliphatic carbocycles. The van der Waals surface area contributed by atoms with Crippen molar-refractivity contribution in [2.24, 2.45) is 0 Å². The molecule has 0 aliphatic heterocycles. The Labute approximate surface area is 168 Å². The SMILES string of the molecule is [2H]C([2H])([2H])C([2H])([2H])Oc1ccc(-c2cncc(C(=O)NC[C@H](O)c3ccccc3F)n2)cn1. The Kier molecular flexibility index (Phi) is 4.42. The van der Waals surface area contributed by atoms with Gasteiger partial charge in [0.05, 0.1) is 33.5 Å². The van der Waals surface area contributed by atoms with E-state index in [-0.39, 0.29) is 29.4 Å². The summed E-state index contributed by atoms with van der Waals surface area (Å²) in [4.78, 5) is 24.4. The van der Waals surface area contributed by atoms with Gasteiger partial charge in [-0.3, -0.25) is 9.78 Å². The first-order valence-corrected chi connectivity index (χ1v) is 8.16. The van der Waals surface area contributed by atoms with Crippen molar-refractivity contribution in [1.82, 2.24) is 20.3 Å². The van der Waals surface area contributed by atoms with E-state index in [1.807, 2.05) is 0 Å². The molecule has 0 unspecified atom stereocenters. The fourth-order valence-electron chi connectivity index (χ4n) is 2.39. The molecular weight excluding hydrogens is 363 g/mol. The molecular formula is C20H19FN4O3. The molecule has 3 rings (SSSR count). The number of rotatable bonds is 7. The number of hydrogen-bond acceptors (Lipinski definition) is 6. The zero-order chi connectivity index (χ0) is 24.2. The van der Waals surface area contributed by atoms with Crippen molar-refractivity contribution in [2.75, 3.05) is 13.1 Å². The Balaban J connectivity index is 1.68. The van der Waals surface area contributed by atoms with Crippen molar-refractivity contribution < 1.29 is 25.9 Å². The van der Waals surface area contributed by atoms with Crippen molar-refractivity contribution >= 4 is 5.91 Å². The lowest BCUT2D eigenvalue weighted by Crippen LogP contribution is -2.29. The molecule has 2 N–H and O–H groups in total. The second-order valence-corrected chi connectivity index (χ2v) is 5.63. The zero-order valence-electron chi connectivity index (χ0n) is 19.5. The third-order valence-electron chi connectivity index (χ3n) is 3.78. The predicted molar refractivity (Wildman–Crippen MR) is 100 cm³/mol. The molecule has 1 aromatic carbocycles. The molecule has 0 aliphatic rings. The van der Waals surface area contributed by atoms with E-state index < -0.39 is 31.2 Å². The van der Waals surface area contributed by atoms with Crippen LogP contribution in [0.3, 0.4) is 0 Å². The Morgan fingerprint density at radius 3 is 2.93 bits per heavy atom. The minimum absolute atomic E-state index is 0.0499. The number of carbonyl (C=O) groups is 1. The maximum absolute atomic E-state index is 13.7. The summed E-state index contributed by atoms with van der Waals surface area (Å²) in [5.74, 6) is -1.48. The summed E-state index contributed by atoms with van der Waals surface area (Å²) in [6.45, 7) is -6.17. The lowest BCUT2D eigenvalue weighted by atomic mass is 10.1. The van der Waals surface area contributed by atoms with Crippen LogP contribution in [0.4, 0.5) is 4.39 Å². The van der Waals surface area contributed by atoms with Gasteiger partial charge in [0.1, 0.15) is 11.5 Å². The van der Waals surface area contributed by atoms with Crippen LogP contribution in [-0.4, -0.2) is 39.1 Å². The number of aromatic nitrogens is 3. The van der Waals surface area contributed by atoms with Crippen LogP contribution in [-0.2, 0) is 0 Å². The Morgan fingerprint density at radius 2 is 2.18 bits per heavy atom. The van der Waals surface area contributed by atoms with Gasteiger partial charge in [0.15, 0.2) is 0 Å². The topological polar surface area (TPSA) is 97.2 Å². The van der Waals surface area contributed by atoms with E-state index >= 15 is 0 Å². The highest BCUT2D eigenvalue weighted by atomic mass is 19.1. The summed E-state index contributed by atoms with van der Waals surface area (Å²) in [5.41, 5.74) is 0.654. The molecule has 1 atom stereocenters. The van der Waals surface area contributed by atoms with Gasteiger partial charge in [-0.05, 0) is 19.0 Å². The molecule has 0 fully saturated rings. The molecule has 2 heterocycles. The fraction of sp³-hybridized carbons (Fsp3) is 0.200. The quantitative estimate of drug-likeness (QED) is 0.647. The molecule has 2 aromatic heterocycles. The van der Waals surface area contributed by atoms with Gasteiger partial charge in [-0.2, -0.15) is 0 Å². The highest BCUT2D eigenvalue weighted by Crippen LogP contribution is 2.18. The number of benzene rings is 1. The minimum atomic E-state index is -3.00. The Morgan fingerprint density at radius 1 is 1.32 bits per heavy atom. The van der Waals surface area contributed by atoms with Gasteiger partial charge in [-0.15, -0.1) is 0 Å². The van der Waals surface area contributed by atoms with Gasteiger partial charge < -0.3 is 15.2 Å². The van der Waals surface area contributed by atoms with Crippen LogP contribution in [0, 0.1) is 5.82 Å². The van der Waals surface area contributed by atoms with E-state index in [4.69, 9.17) is 11.6 Å². The van der Waals surface area contributed by atoms with E-state index in [0.29, 0.717) is 5.56 Å². The van der Waals surface area contributed by atoms with Gasteiger partial charge in [-0.1, -0.05) is 18.2 Å².